The van der Waals surface area contributed by atoms with Crippen molar-refractivity contribution in [1.82, 2.24) is 9.78 Å². The zero-order valence-electron chi connectivity index (χ0n) is 11.1. The van der Waals surface area contributed by atoms with Crippen molar-refractivity contribution in [3.05, 3.63) is 60.0 Å². The van der Waals surface area contributed by atoms with Crippen molar-refractivity contribution in [3.63, 3.8) is 0 Å². The van der Waals surface area contributed by atoms with E-state index < -0.39 is 11.9 Å². The van der Waals surface area contributed by atoms with Crippen LogP contribution in [0.15, 0.2) is 53.1 Å². The standard InChI is InChI=1S/C15H10F3IN2O/c16-15(17,18)14-8-12(13-5-2-6-22-13)21(20-14)11-4-1-3-10(7-11)9-19/h1-8H,9H2. The fraction of sp³-hybridized carbons (Fsp3) is 0.133. The Kier molecular flexibility index (Phi) is 3.98. The monoisotopic (exact) mass is 418 g/mol. The second kappa shape index (κ2) is 5.79. The second-order valence-electron chi connectivity index (χ2n) is 4.61. The number of hydrogen-bond donors (Lipinski definition) is 0. The van der Waals surface area contributed by atoms with Crippen LogP contribution in [0.25, 0.3) is 17.1 Å². The van der Waals surface area contributed by atoms with Crippen LogP contribution in [0.4, 0.5) is 13.2 Å². The lowest BCUT2D eigenvalue weighted by Gasteiger charge is -2.07. The molecule has 0 saturated heterocycles. The van der Waals surface area contributed by atoms with E-state index in [1.54, 1.807) is 24.3 Å². The van der Waals surface area contributed by atoms with Crippen molar-refractivity contribution in [1.29, 1.82) is 0 Å². The van der Waals surface area contributed by atoms with Gasteiger partial charge in [0.25, 0.3) is 0 Å². The SMILES string of the molecule is FC(F)(F)c1cc(-c2ccco2)n(-c2cccc(CI)c2)n1. The summed E-state index contributed by atoms with van der Waals surface area (Å²) in [4.78, 5) is 0. The van der Waals surface area contributed by atoms with Gasteiger partial charge >= 0.3 is 6.18 Å². The third-order valence-electron chi connectivity index (χ3n) is 3.08. The molecule has 0 spiro atoms. The van der Waals surface area contributed by atoms with E-state index in [0.717, 1.165) is 16.1 Å². The van der Waals surface area contributed by atoms with Crippen molar-refractivity contribution in [2.24, 2.45) is 0 Å². The largest absolute Gasteiger partial charge is 0.463 e. The summed E-state index contributed by atoms with van der Waals surface area (Å²) < 4.78 is 46.2. The van der Waals surface area contributed by atoms with Gasteiger partial charge in [-0.2, -0.15) is 18.3 Å². The molecular formula is C15H10F3IN2O. The number of halogens is 4. The minimum Gasteiger partial charge on any atom is -0.463 e. The summed E-state index contributed by atoms with van der Waals surface area (Å²) in [6.45, 7) is 0. The van der Waals surface area contributed by atoms with Gasteiger partial charge in [0.2, 0.25) is 0 Å². The zero-order chi connectivity index (χ0) is 15.7. The molecule has 0 amide bonds. The molecule has 0 unspecified atom stereocenters. The molecule has 114 valence electrons. The minimum atomic E-state index is -4.51. The summed E-state index contributed by atoms with van der Waals surface area (Å²) in [5.41, 5.74) is 0.894. The van der Waals surface area contributed by atoms with Gasteiger partial charge in [0.05, 0.1) is 12.0 Å². The van der Waals surface area contributed by atoms with Gasteiger partial charge in [-0.25, -0.2) is 4.68 Å². The molecule has 0 aliphatic rings. The topological polar surface area (TPSA) is 31.0 Å². The van der Waals surface area contributed by atoms with E-state index >= 15 is 0 Å². The number of hydrogen-bond acceptors (Lipinski definition) is 2. The Bertz CT molecular complexity index is 778. The van der Waals surface area contributed by atoms with Gasteiger partial charge in [-0.15, -0.1) is 0 Å². The average Bonchev–Trinajstić information content (AvgIpc) is 3.15. The first-order chi connectivity index (χ1) is 10.5. The van der Waals surface area contributed by atoms with Crippen LogP contribution in [-0.4, -0.2) is 9.78 Å². The summed E-state index contributed by atoms with van der Waals surface area (Å²) in [5, 5.41) is 3.71. The van der Waals surface area contributed by atoms with E-state index in [4.69, 9.17) is 4.42 Å². The molecule has 0 saturated carbocycles. The van der Waals surface area contributed by atoms with E-state index in [1.165, 1.54) is 10.9 Å². The molecule has 2 aromatic heterocycles. The van der Waals surface area contributed by atoms with Crippen LogP contribution in [0.5, 0.6) is 0 Å². The van der Waals surface area contributed by atoms with E-state index in [0.29, 0.717) is 11.4 Å². The van der Waals surface area contributed by atoms with Gasteiger partial charge in [0, 0.05) is 10.5 Å². The molecule has 1 aromatic carbocycles. The quantitative estimate of drug-likeness (QED) is 0.439. The fourth-order valence-corrected chi connectivity index (χ4v) is 2.56. The lowest BCUT2D eigenvalue weighted by molar-refractivity contribution is -0.141. The molecule has 0 radical (unpaired) electrons. The predicted molar refractivity (Wildman–Crippen MR) is 84.0 cm³/mol. The number of alkyl halides is 4. The first-order valence-corrected chi connectivity index (χ1v) is 7.88. The van der Waals surface area contributed by atoms with Crippen LogP contribution in [0.3, 0.4) is 0 Å². The van der Waals surface area contributed by atoms with E-state index in [9.17, 15) is 13.2 Å². The van der Waals surface area contributed by atoms with Crippen LogP contribution in [0, 0.1) is 0 Å². The lowest BCUT2D eigenvalue weighted by Crippen LogP contribution is -2.07. The number of nitrogens with zero attached hydrogens (tertiary/aromatic N) is 2. The summed E-state index contributed by atoms with van der Waals surface area (Å²) in [5.74, 6) is 0.336. The van der Waals surface area contributed by atoms with Crippen molar-refractivity contribution in [2.45, 2.75) is 10.6 Å². The summed E-state index contributed by atoms with van der Waals surface area (Å²) in [6, 6.07) is 11.5. The first kappa shape index (κ1) is 15.1. The maximum absolute atomic E-state index is 13.0. The van der Waals surface area contributed by atoms with Crippen LogP contribution in [0.2, 0.25) is 0 Å². The maximum atomic E-state index is 13.0. The number of rotatable bonds is 3. The van der Waals surface area contributed by atoms with Crippen molar-refractivity contribution in [3.8, 4) is 17.1 Å². The summed E-state index contributed by atoms with van der Waals surface area (Å²) >= 11 is 2.20. The second-order valence-corrected chi connectivity index (χ2v) is 5.37. The molecular weight excluding hydrogens is 408 g/mol. The maximum Gasteiger partial charge on any atom is 0.435 e. The van der Waals surface area contributed by atoms with Gasteiger partial charge in [-0.3, -0.25) is 0 Å². The molecule has 22 heavy (non-hydrogen) atoms. The van der Waals surface area contributed by atoms with Crippen LogP contribution in [0.1, 0.15) is 11.3 Å². The normalized spacial score (nSPS) is 11.8. The smallest absolute Gasteiger partial charge is 0.435 e. The number of benzene rings is 1. The molecule has 0 aliphatic carbocycles. The fourth-order valence-electron chi connectivity index (χ4n) is 2.09. The van der Waals surface area contributed by atoms with E-state index in [2.05, 4.69) is 27.7 Å². The number of aromatic nitrogens is 2. The Balaban J connectivity index is 2.18. The molecule has 3 rings (SSSR count). The molecule has 0 bridgehead atoms. The van der Waals surface area contributed by atoms with Gasteiger partial charge < -0.3 is 4.42 Å². The van der Waals surface area contributed by atoms with Gasteiger partial charge in [0.1, 0.15) is 5.69 Å². The highest BCUT2D eigenvalue weighted by atomic mass is 127. The molecule has 0 fully saturated rings. The highest BCUT2D eigenvalue weighted by Gasteiger charge is 2.35. The predicted octanol–water partition coefficient (Wildman–Crippen LogP) is 5.09. The Morgan fingerprint density at radius 1 is 1.14 bits per heavy atom. The Morgan fingerprint density at radius 3 is 2.59 bits per heavy atom. The molecule has 0 N–H and O–H groups in total. The third kappa shape index (κ3) is 2.90. The molecule has 7 heteroatoms. The van der Waals surface area contributed by atoms with Crippen molar-refractivity contribution < 1.29 is 17.6 Å². The zero-order valence-corrected chi connectivity index (χ0v) is 13.3. The molecule has 0 atom stereocenters. The van der Waals surface area contributed by atoms with Crippen LogP contribution < -0.4 is 0 Å². The van der Waals surface area contributed by atoms with Gasteiger partial charge in [0.15, 0.2) is 11.5 Å². The van der Waals surface area contributed by atoms with E-state index in [-0.39, 0.29) is 5.69 Å². The highest BCUT2D eigenvalue weighted by molar-refractivity contribution is 14.1. The minimum absolute atomic E-state index is 0.267. The molecule has 0 aliphatic heterocycles. The van der Waals surface area contributed by atoms with Gasteiger partial charge in [-0.1, -0.05) is 34.7 Å². The molecule has 2 heterocycles. The van der Waals surface area contributed by atoms with E-state index in [1.807, 2.05) is 12.1 Å². The lowest BCUT2D eigenvalue weighted by atomic mass is 10.2. The Labute approximate surface area is 137 Å². The van der Waals surface area contributed by atoms with Gasteiger partial charge in [-0.05, 0) is 29.8 Å². The van der Waals surface area contributed by atoms with Crippen molar-refractivity contribution >= 4 is 22.6 Å². The molecule has 3 nitrogen and oxygen atoms in total. The van der Waals surface area contributed by atoms with Crippen LogP contribution in [-0.2, 0) is 10.6 Å². The highest BCUT2D eigenvalue weighted by Crippen LogP contribution is 2.33. The molecule has 3 aromatic rings. The summed E-state index contributed by atoms with van der Waals surface area (Å²) in [6.07, 6.45) is -3.09. The number of furan rings is 1. The third-order valence-corrected chi connectivity index (χ3v) is 3.96. The average molecular weight is 418 g/mol. The Hall–Kier alpha value is -1.77. The summed E-state index contributed by atoms with van der Waals surface area (Å²) in [7, 11) is 0. The Morgan fingerprint density at radius 2 is 1.95 bits per heavy atom. The van der Waals surface area contributed by atoms with Crippen molar-refractivity contribution in [2.75, 3.05) is 0 Å². The first-order valence-electron chi connectivity index (χ1n) is 6.35. The van der Waals surface area contributed by atoms with Crippen LogP contribution >= 0.6 is 22.6 Å².